The van der Waals surface area contributed by atoms with Gasteiger partial charge in [-0.25, -0.2) is 0 Å². The second-order valence-corrected chi connectivity index (χ2v) is 16.4. The number of aromatic nitrogens is 2. The van der Waals surface area contributed by atoms with E-state index in [4.69, 9.17) is 30.5 Å². The lowest BCUT2D eigenvalue weighted by Crippen LogP contribution is -2.52. The lowest BCUT2D eigenvalue weighted by molar-refractivity contribution is -0.0733. The number of hydrogen-bond acceptors (Lipinski definition) is 8. The summed E-state index contributed by atoms with van der Waals surface area (Å²) in [6, 6.07) is 21.8. The van der Waals surface area contributed by atoms with Crippen molar-refractivity contribution in [3.8, 4) is 23.0 Å². The predicted octanol–water partition coefficient (Wildman–Crippen LogP) is 10.5. The summed E-state index contributed by atoms with van der Waals surface area (Å²) < 4.78 is 25.2. The summed E-state index contributed by atoms with van der Waals surface area (Å²) >= 11 is 5.96. The molecule has 4 saturated heterocycles. The fourth-order valence-electron chi connectivity index (χ4n) is 9.77. The number of para-hydroxylation sites is 2. The van der Waals surface area contributed by atoms with Crippen LogP contribution < -0.4 is 18.9 Å². The molecule has 11 rings (SSSR count). The van der Waals surface area contributed by atoms with Crippen LogP contribution in [0.5, 0.6) is 23.0 Å². The number of fused-ring (bicyclic) bond motifs is 6. The lowest BCUT2D eigenvalue weighted by Gasteiger charge is -2.53. The molecule has 5 fully saturated rings. The molecule has 294 valence electrons. The molecular formula is C46H59ClN4O4. The van der Waals surface area contributed by atoms with E-state index in [0.29, 0.717) is 28.9 Å². The van der Waals surface area contributed by atoms with Gasteiger partial charge in [0.2, 0.25) is 0 Å². The SMILES string of the molecule is CC.CC.CN1CC2CC(C1)C2c1cccc2c1OC(C)(c1ccc(Cl)cn1)O2.Cc1ccc(C2(C)Oc3cccc(C4CC5CCC(C4)N5C)c3O2)nc1. The van der Waals surface area contributed by atoms with Crippen LogP contribution in [0.1, 0.15) is 114 Å². The van der Waals surface area contributed by atoms with Gasteiger partial charge in [0.05, 0.1) is 5.02 Å². The Balaban J connectivity index is 0.000000155. The topological polar surface area (TPSA) is 69.2 Å². The standard InChI is InChI=1S/C22H26N2O2.C20H21ClN2O2.2C2H6/c1-14-7-10-20(23-13-14)22(2)25-19-6-4-5-18(21(19)26-22)15-11-16-8-9-17(12-15)24(16)3;1-20(17-7-6-14(21)9-22-17)24-16-5-3-4-15(19(16)25-20)18-12-8-13(18)11-23(2)10-12;2*1-2/h4-7,10,13,15-17H,8-9,11-12H2,1-3H3;3-7,9,12-13,18H,8,10-11H2,1-2H3;2*1-2H3. The summed E-state index contributed by atoms with van der Waals surface area (Å²) in [6.45, 7) is 16.3. The quantitative estimate of drug-likeness (QED) is 0.203. The van der Waals surface area contributed by atoms with E-state index in [1.807, 2.05) is 85.0 Å². The van der Waals surface area contributed by atoms with E-state index in [-0.39, 0.29) is 0 Å². The predicted molar refractivity (Wildman–Crippen MR) is 219 cm³/mol. The second kappa shape index (κ2) is 16.0. The molecule has 55 heavy (non-hydrogen) atoms. The molecule has 0 N–H and O–H groups in total. The van der Waals surface area contributed by atoms with Gasteiger partial charge in [-0.3, -0.25) is 9.97 Å². The fourth-order valence-corrected chi connectivity index (χ4v) is 9.88. The highest BCUT2D eigenvalue weighted by atomic mass is 35.5. The summed E-state index contributed by atoms with van der Waals surface area (Å²) in [5, 5.41) is 0.606. The Morgan fingerprint density at radius 1 is 0.655 bits per heavy atom. The highest BCUT2D eigenvalue weighted by Crippen LogP contribution is 2.57. The molecule has 8 nitrogen and oxygen atoms in total. The van der Waals surface area contributed by atoms with Gasteiger partial charge in [-0.15, -0.1) is 0 Å². The second-order valence-electron chi connectivity index (χ2n) is 16.0. The Labute approximate surface area is 333 Å². The van der Waals surface area contributed by atoms with Crippen LogP contribution in [0, 0.1) is 18.8 Å². The third-order valence-electron chi connectivity index (χ3n) is 12.4. The number of pyridine rings is 2. The number of nitrogens with zero attached hydrogens (tertiary/aromatic N) is 4. The third kappa shape index (κ3) is 7.42. The van der Waals surface area contributed by atoms with E-state index in [9.17, 15) is 0 Å². The van der Waals surface area contributed by atoms with Gasteiger partial charge < -0.3 is 28.7 Å². The van der Waals surface area contributed by atoms with Crippen molar-refractivity contribution >= 4 is 11.6 Å². The maximum Gasteiger partial charge on any atom is 0.292 e. The molecule has 6 atom stereocenters. The lowest BCUT2D eigenvalue weighted by atomic mass is 9.59. The van der Waals surface area contributed by atoms with Crippen LogP contribution in [-0.2, 0) is 11.6 Å². The third-order valence-corrected chi connectivity index (χ3v) is 12.6. The van der Waals surface area contributed by atoms with Crippen molar-refractivity contribution in [2.24, 2.45) is 11.8 Å². The summed E-state index contributed by atoms with van der Waals surface area (Å²) in [7, 11) is 4.50. The van der Waals surface area contributed by atoms with Gasteiger partial charge in [0.1, 0.15) is 11.4 Å². The molecule has 6 unspecified atom stereocenters. The van der Waals surface area contributed by atoms with E-state index < -0.39 is 11.6 Å². The van der Waals surface area contributed by atoms with Crippen LogP contribution in [0.25, 0.3) is 0 Å². The molecular weight excluding hydrogens is 708 g/mol. The molecule has 7 aliphatic rings. The molecule has 0 radical (unpaired) electrons. The van der Waals surface area contributed by atoms with Gasteiger partial charge in [0.25, 0.3) is 11.6 Å². The molecule has 9 heteroatoms. The molecule has 0 spiro atoms. The molecule has 8 heterocycles. The Morgan fingerprint density at radius 3 is 1.71 bits per heavy atom. The number of halogens is 1. The van der Waals surface area contributed by atoms with Crippen molar-refractivity contribution in [2.45, 2.75) is 116 Å². The van der Waals surface area contributed by atoms with E-state index >= 15 is 0 Å². The number of ether oxygens (including phenoxy) is 4. The van der Waals surface area contributed by atoms with Crippen LogP contribution >= 0.6 is 11.6 Å². The zero-order valence-electron chi connectivity index (χ0n) is 34.1. The molecule has 2 aromatic heterocycles. The number of benzene rings is 2. The van der Waals surface area contributed by atoms with E-state index in [2.05, 4.69) is 64.2 Å². The molecule has 1 aliphatic carbocycles. The monoisotopic (exact) mass is 766 g/mol. The Hall–Kier alpha value is -3.85. The highest BCUT2D eigenvalue weighted by Gasteiger charge is 2.50. The number of aryl methyl sites for hydroxylation is 1. The van der Waals surface area contributed by atoms with Crippen molar-refractivity contribution in [1.29, 1.82) is 0 Å². The van der Waals surface area contributed by atoms with Crippen molar-refractivity contribution < 1.29 is 18.9 Å². The van der Waals surface area contributed by atoms with Crippen molar-refractivity contribution in [3.05, 3.63) is 106 Å². The first-order valence-corrected chi connectivity index (χ1v) is 20.9. The first-order valence-electron chi connectivity index (χ1n) is 20.5. The average Bonchev–Trinajstić information content (AvgIpc) is 3.79. The molecule has 0 amide bonds. The van der Waals surface area contributed by atoms with Crippen LogP contribution in [-0.4, -0.2) is 59.0 Å². The maximum atomic E-state index is 6.42. The van der Waals surface area contributed by atoms with Crippen LogP contribution in [0.3, 0.4) is 0 Å². The molecule has 6 aliphatic heterocycles. The molecule has 1 saturated carbocycles. The summed E-state index contributed by atoms with van der Waals surface area (Å²) in [5.74, 6) is 4.30. The number of hydrogen-bond donors (Lipinski definition) is 0. The van der Waals surface area contributed by atoms with Crippen LogP contribution in [0.4, 0.5) is 0 Å². The van der Waals surface area contributed by atoms with Crippen molar-refractivity contribution in [3.63, 3.8) is 0 Å². The van der Waals surface area contributed by atoms with Gasteiger partial charge in [-0.1, -0.05) is 69.6 Å². The van der Waals surface area contributed by atoms with Gasteiger partial charge in [0.15, 0.2) is 23.0 Å². The maximum absolute atomic E-state index is 6.42. The van der Waals surface area contributed by atoms with E-state index in [0.717, 1.165) is 51.8 Å². The van der Waals surface area contributed by atoms with Gasteiger partial charge >= 0.3 is 0 Å². The summed E-state index contributed by atoms with van der Waals surface area (Å²) in [4.78, 5) is 14.0. The van der Waals surface area contributed by atoms with Crippen molar-refractivity contribution in [1.82, 2.24) is 19.8 Å². The minimum Gasteiger partial charge on any atom is -0.443 e. The Bertz CT molecular complexity index is 1920. The minimum absolute atomic E-state index is 0.551. The zero-order valence-corrected chi connectivity index (χ0v) is 34.9. The fraction of sp³-hybridized carbons (Fsp3) is 0.522. The smallest absolute Gasteiger partial charge is 0.292 e. The van der Waals surface area contributed by atoms with Crippen LogP contribution in [0.2, 0.25) is 5.02 Å². The summed E-state index contributed by atoms with van der Waals surface area (Å²) in [5.41, 5.74) is 5.28. The van der Waals surface area contributed by atoms with Crippen molar-refractivity contribution in [2.75, 3.05) is 27.2 Å². The first-order chi connectivity index (χ1) is 26.6. The van der Waals surface area contributed by atoms with E-state index in [1.54, 1.807) is 6.20 Å². The Kier molecular flexibility index (Phi) is 11.4. The van der Waals surface area contributed by atoms with Gasteiger partial charge in [-0.05, 0) is 113 Å². The highest BCUT2D eigenvalue weighted by molar-refractivity contribution is 6.30. The van der Waals surface area contributed by atoms with Crippen LogP contribution in [0.15, 0.2) is 73.1 Å². The largest absolute Gasteiger partial charge is 0.443 e. The van der Waals surface area contributed by atoms with Gasteiger partial charge in [-0.2, -0.15) is 0 Å². The Morgan fingerprint density at radius 2 is 1.18 bits per heavy atom. The normalized spacial score (nSPS) is 30.8. The molecule has 4 bridgehead atoms. The number of rotatable bonds is 4. The minimum atomic E-state index is -0.904. The zero-order chi connectivity index (χ0) is 39.1. The first kappa shape index (κ1) is 39.4. The number of piperidine rings is 3. The average molecular weight is 767 g/mol. The summed E-state index contributed by atoms with van der Waals surface area (Å²) in [6.07, 6.45) is 9.91. The van der Waals surface area contributed by atoms with E-state index in [1.165, 1.54) is 56.3 Å². The molecule has 2 aromatic carbocycles. The molecule has 4 aromatic rings. The van der Waals surface area contributed by atoms with Gasteiger partial charge in [0, 0.05) is 62.5 Å².